The summed E-state index contributed by atoms with van der Waals surface area (Å²) < 4.78 is 7.27. The Morgan fingerprint density at radius 1 is 0.261 bits per heavy atom. The van der Waals surface area contributed by atoms with Gasteiger partial charge in [-0.2, -0.15) is 0 Å². The third-order valence-electron chi connectivity index (χ3n) is 14.4. The van der Waals surface area contributed by atoms with Gasteiger partial charge in [0, 0.05) is 65.6 Å². The van der Waals surface area contributed by atoms with Gasteiger partial charge in [0.15, 0.2) is 0 Å². The smallest absolute Gasteiger partial charge is 0.0973 e. The lowest BCUT2D eigenvalue weighted by molar-refractivity contribution is 1.18. The van der Waals surface area contributed by atoms with Crippen LogP contribution in [0.3, 0.4) is 0 Å². The first-order valence-electron chi connectivity index (χ1n) is 23.6. The molecule has 0 atom stereocenters. The molecule has 0 fully saturated rings. The number of hydrogen-bond donors (Lipinski definition) is 0. The highest BCUT2D eigenvalue weighted by Crippen LogP contribution is 2.43. The van der Waals surface area contributed by atoms with Crippen LogP contribution in [0.5, 0.6) is 0 Å². The van der Waals surface area contributed by atoms with Crippen LogP contribution in [0.4, 0.5) is 0 Å². The van der Waals surface area contributed by atoms with E-state index in [4.69, 9.17) is 9.97 Å². The summed E-state index contributed by atoms with van der Waals surface area (Å²) in [5, 5.41) is 12.2. The van der Waals surface area contributed by atoms with Crippen molar-refractivity contribution in [3.63, 3.8) is 0 Å². The molecule has 0 aliphatic heterocycles. The lowest BCUT2D eigenvalue weighted by Gasteiger charge is -2.15. The molecule has 0 amide bonds. The van der Waals surface area contributed by atoms with Crippen molar-refractivity contribution in [3.8, 4) is 39.6 Å². The number of rotatable bonds is 5. The monoisotopic (exact) mass is 877 g/mol. The number of benzene rings is 11. The summed E-state index contributed by atoms with van der Waals surface area (Å²) in [7, 11) is 0. The molecular weight excluding hydrogens is 839 g/mol. The first-order chi connectivity index (χ1) is 34.2. The van der Waals surface area contributed by atoms with Crippen molar-refractivity contribution in [2.24, 2.45) is 0 Å². The lowest BCUT2D eigenvalue weighted by atomic mass is 10.0. The number of nitrogens with zero attached hydrogens (tertiary/aromatic N) is 5. The predicted molar refractivity (Wildman–Crippen MR) is 288 cm³/mol. The minimum Gasteiger partial charge on any atom is -0.309 e. The average molecular weight is 878 g/mol. The van der Waals surface area contributed by atoms with Crippen LogP contribution >= 0.6 is 0 Å². The molecule has 0 unspecified atom stereocenters. The summed E-state index contributed by atoms with van der Waals surface area (Å²) in [6.45, 7) is 0. The topological polar surface area (TPSA) is 40.6 Å². The zero-order valence-corrected chi connectivity index (χ0v) is 37.3. The van der Waals surface area contributed by atoms with Crippen LogP contribution in [0.2, 0.25) is 0 Å². The lowest BCUT2D eigenvalue weighted by Crippen LogP contribution is -1.98. The van der Waals surface area contributed by atoms with Gasteiger partial charge < -0.3 is 13.7 Å². The maximum absolute atomic E-state index is 5.42. The number of fused-ring (bicyclic) bond motifs is 13. The van der Waals surface area contributed by atoms with Gasteiger partial charge in [-0.1, -0.05) is 152 Å². The van der Waals surface area contributed by atoms with E-state index in [1.807, 2.05) is 12.1 Å². The Morgan fingerprint density at radius 2 is 0.797 bits per heavy atom. The SMILES string of the molecule is c1ccc(-n2c3ccccc3c3cc(-c4nc5ccccc5nc4-c4cccc(-n5c6ccccc6c6cc7c(-n8c9ccccc9c9ccc%10ccccc%10c98)cccc7cc65)c4)ccc32)cc1. The van der Waals surface area contributed by atoms with E-state index in [0.717, 1.165) is 61.5 Å². The Morgan fingerprint density at radius 3 is 1.54 bits per heavy atom. The van der Waals surface area contributed by atoms with Crippen molar-refractivity contribution >= 4 is 98.0 Å². The fourth-order valence-corrected chi connectivity index (χ4v) is 11.3. The van der Waals surface area contributed by atoms with Crippen LogP contribution in [0.25, 0.3) is 138 Å². The third-order valence-corrected chi connectivity index (χ3v) is 14.4. The highest BCUT2D eigenvalue weighted by Gasteiger charge is 2.21. The van der Waals surface area contributed by atoms with Gasteiger partial charge in [-0.25, -0.2) is 9.97 Å². The zero-order chi connectivity index (χ0) is 45.2. The van der Waals surface area contributed by atoms with E-state index in [-0.39, 0.29) is 0 Å². The van der Waals surface area contributed by atoms with Gasteiger partial charge in [-0.05, 0) is 95.7 Å². The highest BCUT2D eigenvalue weighted by molar-refractivity contribution is 6.20. The maximum Gasteiger partial charge on any atom is 0.0973 e. The zero-order valence-electron chi connectivity index (χ0n) is 37.3. The summed E-state index contributed by atoms with van der Waals surface area (Å²) in [6, 6.07) is 85.6. The second-order valence-corrected chi connectivity index (χ2v) is 18.1. The van der Waals surface area contributed by atoms with Crippen LogP contribution in [0, 0.1) is 0 Å². The van der Waals surface area contributed by atoms with E-state index >= 15 is 0 Å². The van der Waals surface area contributed by atoms with E-state index in [0.29, 0.717) is 0 Å². The molecule has 0 saturated carbocycles. The van der Waals surface area contributed by atoms with Gasteiger partial charge in [0.05, 0.1) is 61.2 Å². The summed E-state index contributed by atoms with van der Waals surface area (Å²) in [5.41, 5.74) is 15.8. The molecule has 4 heterocycles. The highest BCUT2D eigenvalue weighted by atomic mass is 15.0. The van der Waals surface area contributed by atoms with Gasteiger partial charge in [0.25, 0.3) is 0 Å². The quantitative estimate of drug-likeness (QED) is 0.173. The molecule has 0 aliphatic rings. The van der Waals surface area contributed by atoms with Crippen molar-refractivity contribution in [1.82, 2.24) is 23.7 Å². The first-order valence-corrected chi connectivity index (χ1v) is 23.6. The number of aromatic nitrogens is 5. The minimum atomic E-state index is 0.844. The van der Waals surface area contributed by atoms with E-state index in [1.165, 1.54) is 76.1 Å². The maximum atomic E-state index is 5.42. The second kappa shape index (κ2) is 14.6. The average Bonchev–Trinajstić information content (AvgIpc) is 4.05. The Bertz CT molecular complexity index is 4610. The van der Waals surface area contributed by atoms with Crippen LogP contribution in [-0.4, -0.2) is 23.7 Å². The Labute approximate surface area is 396 Å². The van der Waals surface area contributed by atoms with Crippen molar-refractivity contribution in [3.05, 3.63) is 237 Å². The van der Waals surface area contributed by atoms with Crippen molar-refractivity contribution < 1.29 is 0 Å². The van der Waals surface area contributed by atoms with E-state index in [2.05, 4.69) is 238 Å². The first kappa shape index (κ1) is 37.9. The molecular formula is C64H39N5. The summed E-state index contributed by atoms with van der Waals surface area (Å²) in [4.78, 5) is 10.8. The molecule has 5 heteroatoms. The van der Waals surface area contributed by atoms with Crippen molar-refractivity contribution in [1.29, 1.82) is 0 Å². The van der Waals surface area contributed by atoms with Gasteiger partial charge >= 0.3 is 0 Å². The minimum absolute atomic E-state index is 0.844. The Balaban J connectivity index is 0.935. The van der Waals surface area contributed by atoms with Crippen LogP contribution in [-0.2, 0) is 0 Å². The molecule has 4 aromatic heterocycles. The largest absolute Gasteiger partial charge is 0.309 e. The predicted octanol–water partition coefficient (Wildman–Crippen LogP) is 16.6. The summed E-state index contributed by atoms with van der Waals surface area (Å²) in [5.74, 6) is 0. The number of hydrogen-bond acceptors (Lipinski definition) is 2. The van der Waals surface area contributed by atoms with Crippen LogP contribution in [0.1, 0.15) is 0 Å². The van der Waals surface area contributed by atoms with E-state index in [1.54, 1.807) is 0 Å². The van der Waals surface area contributed by atoms with E-state index < -0.39 is 0 Å². The van der Waals surface area contributed by atoms with Crippen LogP contribution < -0.4 is 0 Å². The molecule has 0 spiro atoms. The molecule has 11 aromatic carbocycles. The molecule has 0 N–H and O–H groups in total. The van der Waals surface area contributed by atoms with Gasteiger partial charge in [-0.3, -0.25) is 0 Å². The molecule has 0 radical (unpaired) electrons. The molecule has 5 nitrogen and oxygen atoms in total. The number of para-hydroxylation sites is 6. The molecule has 15 rings (SSSR count). The summed E-state index contributed by atoms with van der Waals surface area (Å²) in [6.07, 6.45) is 0. The van der Waals surface area contributed by atoms with Crippen LogP contribution in [0.15, 0.2) is 237 Å². The Hall–Kier alpha value is -9.32. The van der Waals surface area contributed by atoms with Crippen molar-refractivity contribution in [2.45, 2.75) is 0 Å². The molecule has 0 saturated heterocycles. The van der Waals surface area contributed by atoms with E-state index in [9.17, 15) is 0 Å². The second-order valence-electron chi connectivity index (χ2n) is 18.1. The van der Waals surface area contributed by atoms with Gasteiger partial charge in [0.1, 0.15) is 0 Å². The fourth-order valence-electron chi connectivity index (χ4n) is 11.3. The molecule has 0 aliphatic carbocycles. The normalized spacial score (nSPS) is 12.1. The fraction of sp³-hybridized carbons (Fsp3) is 0. The third kappa shape index (κ3) is 5.59. The molecule has 0 bridgehead atoms. The molecule has 15 aromatic rings. The van der Waals surface area contributed by atoms with Crippen molar-refractivity contribution in [2.75, 3.05) is 0 Å². The van der Waals surface area contributed by atoms with Gasteiger partial charge in [0.2, 0.25) is 0 Å². The van der Waals surface area contributed by atoms with Gasteiger partial charge in [-0.15, -0.1) is 0 Å². The Kier molecular flexibility index (Phi) is 8.00. The molecule has 320 valence electrons. The molecule has 69 heavy (non-hydrogen) atoms. The summed E-state index contributed by atoms with van der Waals surface area (Å²) >= 11 is 0. The standard InChI is InChI=1S/C64H39N5/c1-2-19-44(20-3-1)67-56-28-11-7-24-48(56)52-37-43(33-35-60(52)67)63-62(65-54-26-9-10-27-55(54)66-63)42-18-14-21-45(36-42)68-57-29-12-8-25-49(57)53-39-51-41(38-61(53)68)17-15-31-59(51)69-58-30-13-6-23-47(58)50-34-32-40-16-4-5-22-46(40)64(50)69/h1-39H.